The number of benzene rings is 1. The molecule has 0 aliphatic heterocycles. The fraction of sp³-hybridized carbons (Fsp3) is 0.538. The zero-order valence-corrected chi connectivity index (χ0v) is 11.3. The number of methoxy groups -OCH3 is 1. The van der Waals surface area contributed by atoms with Gasteiger partial charge in [-0.3, -0.25) is 0 Å². The summed E-state index contributed by atoms with van der Waals surface area (Å²) in [6, 6.07) is 8.70. The Morgan fingerprint density at radius 2 is 2.00 bits per heavy atom. The van der Waals surface area contributed by atoms with E-state index in [-0.39, 0.29) is 0 Å². The Bertz CT molecular complexity index is 315. The summed E-state index contributed by atoms with van der Waals surface area (Å²) in [5, 5.41) is 3.35. The van der Waals surface area contributed by atoms with E-state index in [1.54, 1.807) is 7.11 Å². The molecule has 1 aromatic rings. The summed E-state index contributed by atoms with van der Waals surface area (Å²) in [6.07, 6.45) is 0. The molecule has 0 aliphatic rings. The second kappa shape index (κ2) is 6.81. The first kappa shape index (κ1) is 13.4. The number of thioether (sulfide) groups is 1. The first-order valence-corrected chi connectivity index (χ1v) is 6.60. The smallest absolute Gasteiger partial charge is 0.132 e. The van der Waals surface area contributed by atoms with Crippen LogP contribution in [-0.2, 0) is 0 Å². The zero-order valence-electron chi connectivity index (χ0n) is 10.5. The second-order valence-electron chi connectivity index (χ2n) is 4.10. The molecular formula is C13H21NOS. The molecule has 0 fully saturated rings. The van der Waals surface area contributed by atoms with Crippen molar-refractivity contribution in [3.63, 3.8) is 0 Å². The lowest BCUT2D eigenvalue weighted by Gasteiger charge is -2.20. The van der Waals surface area contributed by atoms with Crippen molar-refractivity contribution in [1.82, 2.24) is 5.32 Å². The molecule has 0 aromatic heterocycles. The highest BCUT2D eigenvalue weighted by Gasteiger charge is 2.12. The summed E-state index contributed by atoms with van der Waals surface area (Å²) in [6.45, 7) is 4.48. The van der Waals surface area contributed by atoms with Crippen molar-refractivity contribution in [2.24, 2.45) is 5.92 Å². The number of nitrogens with one attached hydrogen (secondary N) is 1. The molecule has 2 nitrogen and oxygen atoms in total. The van der Waals surface area contributed by atoms with Gasteiger partial charge in [-0.25, -0.2) is 0 Å². The SMILES string of the molecule is CNC(CSc1ccccc1OC)C(C)C. The largest absolute Gasteiger partial charge is 0.496 e. The van der Waals surface area contributed by atoms with Crippen molar-refractivity contribution in [3.05, 3.63) is 24.3 Å². The fourth-order valence-electron chi connectivity index (χ4n) is 1.53. The Balaban J connectivity index is 2.59. The summed E-state index contributed by atoms with van der Waals surface area (Å²) in [5.41, 5.74) is 0. The predicted octanol–water partition coefficient (Wildman–Crippen LogP) is 3.03. The molecule has 1 unspecified atom stereocenters. The van der Waals surface area contributed by atoms with Crippen molar-refractivity contribution in [3.8, 4) is 5.75 Å². The van der Waals surface area contributed by atoms with Crippen molar-refractivity contribution in [2.45, 2.75) is 24.8 Å². The van der Waals surface area contributed by atoms with E-state index in [9.17, 15) is 0 Å². The highest BCUT2D eigenvalue weighted by atomic mass is 32.2. The predicted molar refractivity (Wildman–Crippen MR) is 71.4 cm³/mol. The van der Waals surface area contributed by atoms with Crippen LogP contribution in [0.5, 0.6) is 5.75 Å². The first-order valence-electron chi connectivity index (χ1n) is 5.62. The van der Waals surface area contributed by atoms with Crippen LogP contribution in [0.3, 0.4) is 0 Å². The van der Waals surface area contributed by atoms with Crippen LogP contribution < -0.4 is 10.1 Å². The highest BCUT2D eigenvalue weighted by Crippen LogP contribution is 2.29. The third kappa shape index (κ3) is 3.72. The van der Waals surface area contributed by atoms with E-state index in [0.29, 0.717) is 12.0 Å². The molecule has 0 bridgehead atoms. The minimum atomic E-state index is 0.537. The van der Waals surface area contributed by atoms with Gasteiger partial charge >= 0.3 is 0 Å². The molecule has 0 heterocycles. The summed E-state index contributed by atoms with van der Waals surface area (Å²) in [4.78, 5) is 1.21. The summed E-state index contributed by atoms with van der Waals surface area (Å²) in [5.74, 6) is 2.67. The van der Waals surface area contributed by atoms with Crippen molar-refractivity contribution < 1.29 is 4.74 Å². The van der Waals surface area contributed by atoms with Gasteiger partial charge in [0.25, 0.3) is 0 Å². The van der Waals surface area contributed by atoms with Crippen LogP contribution in [0.4, 0.5) is 0 Å². The van der Waals surface area contributed by atoms with Gasteiger partial charge < -0.3 is 10.1 Å². The molecule has 1 N–H and O–H groups in total. The Morgan fingerprint density at radius 1 is 1.31 bits per heavy atom. The van der Waals surface area contributed by atoms with Crippen LogP contribution in [0.1, 0.15) is 13.8 Å². The van der Waals surface area contributed by atoms with Crippen LogP contribution in [0.25, 0.3) is 0 Å². The van der Waals surface area contributed by atoms with Gasteiger partial charge in [-0.05, 0) is 25.1 Å². The Kier molecular flexibility index (Phi) is 5.71. The van der Waals surface area contributed by atoms with Gasteiger partial charge in [0.05, 0.1) is 7.11 Å². The molecule has 0 radical (unpaired) electrons. The van der Waals surface area contributed by atoms with Crippen molar-refractivity contribution in [2.75, 3.05) is 19.9 Å². The van der Waals surface area contributed by atoms with Crippen LogP contribution >= 0.6 is 11.8 Å². The van der Waals surface area contributed by atoms with Crippen LogP contribution in [0.15, 0.2) is 29.2 Å². The van der Waals surface area contributed by atoms with E-state index in [4.69, 9.17) is 4.74 Å². The average molecular weight is 239 g/mol. The first-order chi connectivity index (χ1) is 7.69. The Morgan fingerprint density at radius 3 is 2.56 bits per heavy atom. The van der Waals surface area contributed by atoms with E-state index in [0.717, 1.165) is 11.5 Å². The lowest BCUT2D eigenvalue weighted by Crippen LogP contribution is -2.32. The highest BCUT2D eigenvalue weighted by molar-refractivity contribution is 7.99. The molecule has 0 amide bonds. The van der Waals surface area contributed by atoms with Crippen LogP contribution in [-0.4, -0.2) is 26.0 Å². The maximum absolute atomic E-state index is 5.33. The average Bonchev–Trinajstić information content (AvgIpc) is 2.30. The molecule has 0 saturated heterocycles. The molecule has 0 saturated carbocycles. The minimum absolute atomic E-state index is 0.537. The second-order valence-corrected chi connectivity index (χ2v) is 5.16. The summed E-state index contributed by atoms with van der Waals surface area (Å²) >= 11 is 1.85. The molecule has 3 heteroatoms. The van der Waals surface area contributed by atoms with Crippen molar-refractivity contribution in [1.29, 1.82) is 0 Å². The maximum atomic E-state index is 5.33. The van der Waals surface area contributed by atoms with E-state index < -0.39 is 0 Å². The van der Waals surface area contributed by atoms with Crippen LogP contribution in [0.2, 0.25) is 0 Å². The molecule has 1 rings (SSSR count). The molecule has 1 aromatic carbocycles. The summed E-state index contributed by atoms with van der Waals surface area (Å²) in [7, 11) is 3.74. The van der Waals surface area contributed by atoms with E-state index in [1.807, 2.05) is 30.9 Å². The summed E-state index contributed by atoms with van der Waals surface area (Å²) < 4.78 is 5.33. The third-order valence-corrected chi connectivity index (χ3v) is 3.84. The molecular weight excluding hydrogens is 218 g/mol. The standard InChI is InChI=1S/C13H21NOS/c1-10(2)11(14-3)9-16-13-8-6-5-7-12(13)15-4/h5-8,10-11,14H,9H2,1-4H3. The van der Waals surface area contributed by atoms with Gasteiger partial charge in [0, 0.05) is 16.7 Å². The number of para-hydroxylation sites is 1. The normalized spacial score (nSPS) is 12.8. The van der Waals surface area contributed by atoms with Gasteiger partial charge in [-0.15, -0.1) is 11.8 Å². The number of ether oxygens (including phenoxy) is 1. The molecule has 16 heavy (non-hydrogen) atoms. The van der Waals surface area contributed by atoms with Gasteiger partial charge in [0.2, 0.25) is 0 Å². The number of rotatable bonds is 6. The minimum Gasteiger partial charge on any atom is -0.496 e. The lowest BCUT2D eigenvalue weighted by atomic mass is 10.1. The fourth-order valence-corrected chi connectivity index (χ4v) is 2.91. The monoisotopic (exact) mass is 239 g/mol. The maximum Gasteiger partial charge on any atom is 0.132 e. The molecule has 0 aliphatic carbocycles. The van der Waals surface area contributed by atoms with E-state index in [2.05, 4.69) is 31.3 Å². The van der Waals surface area contributed by atoms with Gasteiger partial charge in [0.1, 0.15) is 5.75 Å². The van der Waals surface area contributed by atoms with E-state index in [1.165, 1.54) is 4.90 Å². The molecule has 0 spiro atoms. The van der Waals surface area contributed by atoms with Gasteiger partial charge in [-0.2, -0.15) is 0 Å². The van der Waals surface area contributed by atoms with Gasteiger partial charge in [-0.1, -0.05) is 26.0 Å². The third-order valence-electron chi connectivity index (χ3n) is 2.66. The van der Waals surface area contributed by atoms with Crippen LogP contribution in [0, 0.1) is 5.92 Å². The Labute approximate surface area is 103 Å². The number of hydrogen-bond acceptors (Lipinski definition) is 3. The lowest BCUT2D eigenvalue weighted by molar-refractivity contribution is 0.404. The number of hydrogen-bond donors (Lipinski definition) is 1. The van der Waals surface area contributed by atoms with Crippen molar-refractivity contribution >= 4 is 11.8 Å². The quantitative estimate of drug-likeness (QED) is 0.771. The molecule has 90 valence electrons. The topological polar surface area (TPSA) is 21.3 Å². The zero-order chi connectivity index (χ0) is 12.0. The Hall–Kier alpha value is -0.670. The molecule has 1 atom stereocenters. The van der Waals surface area contributed by atoms with Gasteiger partial charge in [0.15, 0.2) is 0 Å². The van der Waals surface area contributed by atoms with E-state index >= 15 is 0 Å².